The summed E-state index contributed by atoms with van der Waals surface area (Å²) in [6.45, 7) is 6.07. The standard InChI is InChI=1S/C17H21N3O3/c1-11-7-12(2)16(13(3)8-11)20-17(22)14(9-18)10-19-6-5-15(21)23-4/h7-8,10,19H,5-6H2,1-4H3,(H,20,22)/b14-10-. The summed E-state index contributed by atoms with van der Waals surface area (Å²) in [6, 6.07) is 5.78. The Labute approximate surface area is 136 Å². The molecule has 1 aromatic rings. The number of nitrogens with zero attached hydrogens (tertiary/aromatic N) is 1. The minimum Gasteiger partial charge on any atom is -0.469 e. The largest absolute Gasteiger partial charge is 0.469 e. The number of carbonyl (C=O) groups excluding carboxylic acids is 2. The second kappa shape index (κ2) is 8.59. The molecule has 1 amide bonds. The molecule has 1 rings (SSSR count). The van der Waals surface area contributed by atoms with Crippen LogP contribution in [0.4, 0.5) is 5.69 Å². The fraction of sp³-hybridized carbons (Fsp3) is 0.353. The number of nitriles is 1. The number of rotatable bonds is 6. The number of hydrogen-bond donors (Lipinski definition) is 2. The van der Waals surface area contributed by atoms with Gasteiger partial charge in [0.15, 0.2) is 0 Å². The SMILES string of the molecule is COC(=O)CCN/C=C(/C#N)C(=O)Nc1c(C)cc(C)cc1C. The third kappa shape index (κ3) is 5.47. The van der Waals surface area contributed by atoms with Crippen LogP contribution in [0.15, 0.2) is 23.9 Å². The fourth-order valence-electron chi connectivity index (χ4n) is 2.16. The summed E-state index contributed by atoms with van der Waals surface area (Å²) in [5.41, 5.74) is 3.63. The molecule has 0 saturated heterocycles. The van der Waals surface area contributed by atoms with Crippen LogP contribution in [0, 0.1) is 32.1 Å². The zero-order chi connectivity index (χ0) is 17.4. The van der Waals surface area contributed by atoms with Crippen molar-refractivity contribution in [3.05, 3.63) is 40.6 Å². The van der Waals surface area contributed by atoms with Crippen molar-refractivity contribution in [1.29, 1.82) is 5.26 Å². The average molecular weight is 315 g/mol. The lowest BCUT2D eigenvalue weighted by Gasteiger charge is -2.12. The van der Waals surface area contributed by atoms with Crippen molar-refractivity contribution in [3.8, 4) is 6.07 Å². The molecule has 0 spiro atoms. The molecule has 0 fully saturated rings. The minimum atomic E-state index is -0.492. The zero-order valence-corrected chi connectivity index (χ0v) is 13.8. The van der Waals surface area contributed by atoms with Gasteiger partial charge in [-0.15, -0.1) is 0 Å². The van der Waals surface area contributed by atoms with Gasteiger partial charge in [-0.1, -0.05) is 17.7 Å². The van der Waals surface area contributed by atoms with Gasteiger partial charge in [0, 0.05) is 18.4 Å². The van der Waals surface area contributed by atoms with Crippen LogP contribution in [0.3, 0.4) is 0 Å². The van der Waals surface area contributed by atoms with Gasteiger partial charge in [-0.05, 0) is 31.9 Å². The van der Waals surface area contributed by atoms with E-state index >= 15 is 0 Å². The van der Waals surface area contributed by atoms with Crippen LogP contribution < -0.4 is 10.6 Å². The first-order valence-corrected chi connectivity index (χ1v) is 7.18. The first kappa shape index (κ1) is 18.2. The number of benzene rings is 1. The van der Waals surface area contributed by atoms with Crippen molar-refractivity contribution in [2.75, 3.05) is 19.0 Å². The summed E-state index contributed by atoms with van der Waals surface area (Å²) < 4.78 is 4.50. The predicted octanol–water partition coefficient (Wildman–Crippen LogP) is 2.11. The molecular formula is C17H21N3O3. The second-order valence-electron chi connectivity index (χ2n) is 5.18. The predicted molar refractivity (Wildman–Crippen MR) is 87.6 cm³/mol. The van der Waals surface area contributed by atoms with E-state index in [2.05, 4.69) is 15.4 Å². The molecule has 0 aromatic heterocycles. The van der Waals surface area contributed by atoms with Crippen LogP contribution in [0.1, 0.15) is 23.1 Å². The highest BCUT2D eigenvalue weighted by Crippen LogP contribution is 2.22. The molecule has 2 N–H and O–H groups in total. The molecule has 6 heteroatoms. The molecule has 0 bridgehead atoms. The van der Waals surface area contributed by atoms with Crippen molar-refractivity contribution >= 4 is 17.6 Å². The number of ether oxygens (including phenoxy) is 1. The van der Waals surface area contributed by atoms with Crippen LogP contribution in [-0.4, -0.2) is 25.5 Å². The van der Waals surface area contributed by atoms with Gasteiger partial charge in [-0.25, -0.2) is 0 Å². The minimum absolute atomic E-state index is 0.0609. The number of aryl methyl sites for hydroxylation is 3. The number of nitrogens with one attached hydrogen (secondary N) is 2. The summed E-state index contributed by atoms with van der Waals surface area (Å²) in [5, 5.41) is 14.6. The number of esters is 1. The second-order valence-corrected chi connectivity index (χ2v) is 5.18. The van der Waals surface area contributed by atoms with Crippen molar-refractivity contribution in [2.24, 2.45) is 0 Å². The van der Waals surface area contributed by atoms with Gasteiger partial charge in [0.2, 0.25) is 0 Å². The first-order chi connectivity index (χ1) is 10.9. The Hall–Kier alpha value is -2.81. The Morgan fingerprint density at radius 3 is 2.39 bits per heavy atom. The smallest absolute Gasteiger partial charge is 0.307 e. The number of hydrogen-bond acceptors (Lipinski definition) is 5. The van der Waals surface area contributed by atoms with Crippen molar-refractivity contribution in [2.45, 2.75) is 27.2 Å². The Bertz CT molecular complexity index is 649. The van der Waals surface area contributed by atoms with E-state index in [4.69, 9.17) is 5.26 Å². The van der Waals surface area contributed by atoms with Gasteiger partial charge in [0.25, 0.3) is 5.91 Å². The summed E-state index contributed by atoms with van der Waals surface area (Å²) in [7, 11) is 1.30. The van der Waals surface area contributed by atoms with E-state index in [0.29, 0.717) is 5.69 Å². The molecule has 0 aliphatic heterocycles. The van der Waals surface area contributed by atoms with Crippen molar-refractivity contribution in [3.63, 3.8) is 0 Å². The Kier molecular flexibility index (Phi) is 6.81. The van der Waals surface area contributed by atoms with Gasteiger partial charge in [0.1, 0.15) is 11.6 Å². The molecule has 0 radical (unpaired) electrons. The lowest BCUT2D eigenvalue weighted by Crippen LogP contribution is -2.19. The van der Waals surface area contributed by atoms with E-state index in [9.17, 15) is 9.59 Å². The Morgan fingerprint density at radius 2 is 1.87 bits per heavy atom. The number of amides is 1. The summed E-state index contributed by atoms with van der Waals surface area (Å²) in [4.78, 5) is 23.2. The topological polar surface area (TPSA) is 91.2 Å². The van der Waals surface area contributed by atoms with Crippen LogP contribution in [0.2, 0.25) is 0 Å². The molecule has 0 heterocycles. The number of anilines is 1. The van der Waals surface area contributed by atoms with Crippen LogP contribution in [0.5, 0.6) is 0 Å². The highest BCUT2D eigenvalue weighted by molar-refractivity contribution is 6.07. The maximum Gasteiger partial charge on any atom is 0.307 e. The van der Waals surface area contributed by atoms with Crippen LogP contribution >= 0.6 is 0 Å². The summed E-state index contributed by atoms with van der Waals surface area (Å²) in [6.07, 6.45) is 1.46. The van der Waals surface area contributed by atoms with E-state index in [0.717, 1.165) is 16.7 Å². The summed E-state index contributed by atoms with van der Waals surface area (Å²) >= 11 is 0. The quantitative estimate of drug-likeness (QED) is 0.363. The van der Waals surface area contributed by atoms with E-state index in [-0.39, 0.29) is 24.5 Å². The average Bonchev–Trinajstić information content (AvgIpc) is 2.50. The molecule has 122 valence electrons. The van der Waals surface area contributed by atoms with Gasteiger partial charge in [0.05, 0.1) is 13.5 Å². The third-order valence-electron chi connectivity index (χ3n) is 3.23. The number of carbonyl (C=O) groups is 2. The van der Waals surface area contributed by atoms with Gasteiger partial charge >= 0.3 is 5.97 Å². The van der Waals surface area contributed by atoms with E-state index in [1.54, 1.807) is 0 Å². The van der Waals surface area contributed by atoms with Gasteiger partial charge in [-0.2, -0.15) is 5.26 Å². The maximum absolute atomic E-state index is 12.2. The lowest BCUT2D eigenvalue weighted by molar-refractivity contribution is -0.140. The molecule has 23 heavy (non-hydrogen) atoms. The maximum atomic E-state index is 12.2. The zero-order valence-electron chi connectivity index (χ0n) is 13.8. The number of methoxy groups -OCH3 is 1. The van der Waals surface area contributed by atoms with Crippen LogP contribution in [0.25, 0.3) is 0 Å². The Balaban J connectivity index is 2.75. The normalized spacial score (nSPS) is 10.7. The fourth-order valence-corrected chi connectivity index (χ4v) is 2.16. The highest BCUT2D eigenvalue weighted by Gasteiger charge is 2.12. The van der Waals surface area contributed by atoms with Crippen molar-refractivity contribution in [1.82, 2.24) is 5.32 Å². The van der Waals surface area contributed by atoms with Gasteiger partial charge < -0.3 is 15.4 Å². The molecule has 0 unspecified atom stereocenters. The van der Waals surface area contributed by atoms with E-state index in [1.807, 2.05) is 39.0 Å². The molecule has 0 saturated carbocycles. The van der Waals surface area contributed by atoms with E-state index in [1.165, 1.54) is 13.3 Å². The molecule has 1 aromatic carbocycles. The molecule has 0 aliphatic carbocycles. The van der Waals surface area contributed by atoms with Crippen molar-refractivity contribution < 1.29 is 14.3 Å². The van der Waals surface area contributed by atoms with Gasteiger partial charge in [-0.3, -0.25) is 9.59 Å². The van der Waals surface area contributed by atoms with E-state index < -0.39 is 5.91 Å². The molecular weight excluding hydrogens is 294 g/mol. The Morgan fingerprint density at radius 1 is 1.26 bits per heavy atom. The summed E-state index contributed by atoms with van der Waals surface area (Å²) in [5.74, 6) is -0.854. The molecule has 6 nitrogen and oxygen atoms in total. The lowest BCUT2D eigenvalue weighted by atomic mass is 10.0. The molecule has 0 aliphatic rings. The first-order valence-electron chi connectivity index (χ1n) is 7.18. The highest BCUT2D eigenvalue weighted by atomic mass is 16.5. The van der Waals surface area contributed by atoms with Crippen LogP contribution in [-0.2, 0) is 14.3 Å². The molecule has 0 atom stereocenters. The third-order valence-corrected chi connectivity index (χ3v) is 3.23. The monoisotopic (exact) mass is 315 g/mol.